The van der Waals surface area contributed by atoms with E-state index in [4.69, 9.17) is 4.98 Å². The van der Waals surface area contributed by atoms with E-state index in [0.29, 0.717) is 69.6 Å². The Labute approximate surface area is 377 Å². The molecule has 17 heteroatoms. The molecule has 0 spiro atoms. The third kappa shape index (κ3) is 8.36. The van der Waals surface area contributed by atoms with E-state index in [1.165, 1.54) is 34.8 Å². The van der Waals surface area contributed by atoms with Gasteiger partial charge in [0.25, 0.3) is 17.7 Å². The van der Waals surface area contributed by atoms with Gasteiger partial charge in [-0.3, -0.25) is 24.0 Å². The van der Waals surface area contributed by atoms with Crippen LogP contribution in [0.2, 0.25) is 0 Å². The predicted octanol–water partition coefficient (Wildman–Crippen LogP) is 6.86. The number of benzene rings is 3. The van der Waals surface area contributed by atoms with E-state index in [0.717, 1.165) is 37.7 Å². The molecule has 5 heterocycles. The zero-order valence-corrected chi connectivity index (χ0v) is 37.2. The lowest BCUT2D eigenvalue weighted by atomic mass is 10.1. The monoisotopic (exact) mass is 896 g/mol. The minimum Gasteiger partial charge on any atom is -0.381 e. The average molecular weight is 897 g/mol. The zero-order chi connectivity index (χ0) is 44.6. The minimum atomic E-state index is -0.750. The van der Waals surface area contributed by atoms with Gasteiger partial charge in [0.15, 0.2) is 0 Å². The van der Waals surface area contributed by atoms with Crippen LogP contribution in [0.3, 0.4) is 0 Å². The quantitative estimate of drug-likeness (QED) is 0.0678. The van der Waals surface area contributed by atoms with Gasteiger partial charge in [0.2, 0.25) is 11.8 Å². The summed E-state index contributed by atoms with van der Waals surface area (Å²) in [6.45, 7) is 7.15. The predicted molar refractivity (Wildman–Crippen MR) is 256 cm³/mol. The number of hydrogen-bond acceptors (Lipinski definition) is 12. The summed E-state index contributed by atoms with van der Waals surface area (Å²) in [5.74, 6) is -0.763. The van der Waals surface area contributed by atoms with Crippen LogP contribution in [0.4, 0.5) is 28.6 Å². The highest BCUT2D eigenvalue weighted by Gasteiger charge is 2.41. The Kier molecular flexibility index (Phi) is 11.8. The minimum absolute atomic E-state index is 0.0388. The average Bonchev–Trinajstić information content (AvgIpc) is 3.95. The van der Waals surface area contributed by atoms with Crippen LogP contribution in [0.15, 0.2) is 91.5 Å². The van der Waals surface area contributed by atoms with Crippen molar-refractivity contribution in [2.75, 3.05) is 55.0 Å². The second-order valence-corrected chi connectivity index (χ2v) is 18.6. The number of carbonyl (C=O) groups excluding carboxylic acids is 5. The van der Waals surface area contributed by atoms with Gasteiger partial charge >= 0.3 is 0 Å². The second kappa shape index (κ2) is 17.7. The Balaban J connectivity index is 0.934. The van der Waals surface area contributed by atoms with Crippen LogP contribution in [0.25, 0.3) is 31.1 Å². The van der Waals surface area contributed by atoms with Gasteiger partial charge in [-0.25, -0.2) is 4.98 Å². The van der Waals surface area contributed by atoms with E-state index in [-0.39, 0.29) is 42.1 Å². The molecule has 9 rings (SSSR count). The number of anilines is 5. The standard InChI is InChI=1S/C47H48N10O5S2/c1-5-39(59)57(33-13-8-12-32(33)54-45(60)26-15-18-34-28(22-26)41-43(63-34)46(61)50-25(2)23-48-41)37-24-49-42-40-27-16-20-36(51-29(27)17-19-35(40)64-44(42)47(62)55-37)52-30-10-6-7-11-31(30)53-38(58)14-9-21-56(3)4/h5-7,9-11,14-20,22,25,32-33,37,48-49H,1,8,12-13,21,23-24H2,2-4H3,(H,50,61)(H,51,52)(H,53,58)(H,54,60)(H,55,62)/b14-9+/t25?,32?,33?,37-/m1/s1. The van der Waals surface area contributed by atoms with Crippen LogP contribution in [0.1, 0.15) is 55.9 Å². The highest BCUT2D eigenvalue weighted by molar-refractivity contribution is 7.22. The Morgan fingerprint density at radius 1 is 0.875 bits per heavy atom. The number of likely N-dealkylation sites (N-methyl/N-ethyl adjacent to an activating group) is 1. The molecule has 0 radical (unpaired) electrons. The fourth-order valence-corrected chi connectivity index (χ4v) is 10.9. The van der Waals surface area contributed by atoms with E-state index in [1.807, 2.05) is 86.6 Å². The third-order valence-corrected chi connectivity index (χ3v) is 14.0. The number of thiophene rings is 2. The molecular weight excluding hydrogens is 849 g/mol. The van der Waals surface area contributed by atoms with Crippen molar-refractivity contribution < 1.29 is 24.0 Å². The highest BCUT2D eigenvalue weighted by Crippen LogP contribution is 2.42. The summed E-state index contributed by atoms with van der Waals surface area (Å²) >= 11 is 2.75. The number of hydrogen-bond donors (Lipinski definition) is 7. The SMILES string of the molecule is C=CC(=O)N(C1CCCC1NC(=O)c1ccc2sc3c(c2c1)NCC(C)NC3=O)[C@@H]1CNc2c(sc3ccc4nc(Nc5ccccc5NC(=O)/C=C/CN(C)C)ccc4c23)C(=O)N1. The summed E-state index contributed by atoms with van der Waals surface area (Å²) in [7, 11) is 3.87. The number of carbonyl (C=O) groups is 5. The van der Waals surface area contributed by atoms with Crippen molar-refractivity contribution in [1.82, 2.24) is 30.7 Å². The molecule has 7 N–H and O–H groups in total. The first-order valence-electron chi connectivity index (χ1n) is 21.2. The third-order valence-electron chi connectivity index (χ3n) is 11.7. The Bertz CT molecular complexity index is 2910. The summed E-state index contributed by atoms with van der Waals surface area (Å²) in [5, 5.41) is 25.0. The molecule has 3 aliphatic rings. The number of pyridine rings is 1. The van der Waals surface area contributed by atoms with Gasteiger partial charge in [0, 0.05) is 62.4 Å². The van der Waals surface area contributed by atoms with Gasteiger partial charge in [-0.1, -0.05) is 24.8 Å². The molecule has 4 atom stereocenters. The molecule has 0 saturated heterocycles. The highest BCUT2D eigenvalue weighted by atomic mass is 32.1. The molecule has 6 aromatic rings. The fourth-order valence-electron chi connectivity index (χ4n) is 8.74. The van der Waals surface area contributed by atoms with Crippen LogP contribution >= 0.6 is 22.7 Å². The fraction of sp³-hybridized carbons (Fsp3) is 0.277. The van der Waals surface area contributed by atoms with E-state index in [9.17, 15) is 24.0 Å². The Hall–Kier alpha value is -6.82. The van der Waals surface area contributed by atoms with Crippen molar-refractivity contribution in [2.45, 2.75) is 50.5 Å². The lowest BCUT2D eigenvalue weighted by Gasteiger charge is -2.38. The lowest BCUT2D eigenvalue weighted by Crippen LogP contribution is -2.60. The lowest BCUT2D eigenvalue weighted by molar-refractivity contribution is -0.131. The van der Waals surface area contributed by atoms with Crippen molar-refractivity contribution in [3.63, 3.8) is 0 Å². The molecule has 3 unspecified atom stereocenters. The van der Waals surface area contributed by atoms with Gasteiger partial charge < -0.3 is 47.0 Å². The Morgan fingerprint density at radius 2 is 1.62 bits per heavy atom. The first kappa shape index (κ1) is 42.5. The molecule has 0 bridgehead atoms. The van der Waals surface area contributed by atoms with Crippen molar-refractivity contribution in [3.05, 3.63) is 107 Å². The molecular formula is C47H48N10O5S2. The zero-order valence-electron chi connectivity index (χ0n) is 35.5. The number of nitrogens with one attached hydrogen (secondary N) is 7. The van der Waals surface area contributed by atoms with Crippen molar-refractivity contribution in [3.8, 4) is 0 Å². The number of nitrogens with zero attached hydrogens (tertiary/aromatic N) is 3. The first-order valence-corrected chi connectivity index (χ1v) is 22.8. The molecule has 1 saturated carbocycles. The summed E-state index contributed by atoms with van der Waals surface area (Å²) in [5.41, 5.74) is 3.83. The summed E-state index contributed by atoms with van der Waals surface area (Å²) < 4.78 is 1.80. The van der Waals surface area contributed by atoms with E-state index in [1.54, 1.807) is 17.0 Å². The number of rotatable bonds is 11. The van der Waals surface area contributed by atoms with Crippen molar-refractivity contribution in [1.29, 1.82) is 0 Å². The Morgan fingerprint density at radius 3 is 2.44 bits per heavy atom. The van der Waals surface area contributed by atoms with E-state index in [2.05, 4.69) is 43.8 Å². The number of fused-ring (bicyclic) bond motifs is 8. The molecule has 2 aliphatic heterocycles. The van der Waals surface area contributed by atoms with Crippen molar-refractivity contribution >= 4 is 112 Å². The van der Waals surface area contributed by atoms with Gasteiger partial charge in [-0.15, -0.1) is 22.7 Å². The topological polar surface area (TPSA) is 189 Å². The van der Waals surface area contributed by atoms with Gasteiger partial charge in [0.05, 0.1) is 40.9 Å². The van der Waals surface area contributed by atoms with Crippen LogP contribution < -0.4 is 37.2 Å². The number of aromatic nitrogens is 1. The maximum absolute atomic E-state index is 14.1. The number of para-hydroxylation sites is 2. The smallest absolute Gasteiger partial charge is 0.265 e. The van der Waals surface area contributed by atoms with Crippen LogP contribution in [0, 0.1) is 0 Å². The molecule has 64 heavy (non-hydrogen) atoms. The first-order chi connectivity index (χ1) is 30.9. The van der Waals surface area contributed by atoms with E-state index >= 15 is 0 Å². The van der Waals surface area contributed by atoms with Crippen LogP contribution in [0.5, 0.6) is 0 Å². The number of amides is 5. The molecule has 3 aromatic heterocycles. The second-order valence-electron chi connectivity index (χ2n) is 16.5. The van der Waals surface area contributed by atoms with Gasteiger partial charge in [-0.2, -0.15) is 0 Å². The largest absolute Gasteiger partial charge is 0.381 e. The molecule has 5 amide bonds. The van der Waals surface area contributed by atoms with Gasteiger partial charge in [0.1, 0.15) is 21.7 Å². The van der Waals surface area contributed by atoms with Crippen LogP contribution in [-0.4, -0.2) is 102 Å². The maximum atomic E-state index is 14.1. The van der Waals surface area contributed by atoms with E-state index < -0.39 is 18.2 Å². The molecule has 15 nitrogen and oxygen atoms in total. The molecule has 3 aromatic carbocycles. The molecule has 1 aliphatic carbocycles. The van der Waals surface area contributed by atoms with Crippen LogP contribution in [-0.2, 0) is 9.59 Å². The molecule has 1 fully saturated rings. The van der Waals surface area contributed by atoms with Gasteiger partial charge in [-0.05, 0) is 101 Å². The summed E-state index contributed by atoms with van der Waals surface area (Å²) in [4.78, 5) is 77.0. The van der Waals surface area contributed by atoms with Crippen molar-refractivity contribution in [2.24, 2.45) is 0 Å². The summed E-state index contributed by atoms with van der Waals surface area (Å²) in [6, 6.07) is 19.7. The normalized spacial score (nSPS) is 19.5. The maximum Gasteiger partial charge on any atom is 0.265 e. The summed E-state index contributed by atoms with van der Waals surface area (Å²) in [6.07, 6.45) is 5.84. The molecule has 328 valence electrons.